The summed E-state index contributed by atoms with van der Waals surface area (Å²) >= 11 is 3.80. The zero-order chi connectivity index (χ0) is 23.7. The first-order valence-corrected chi connectivity index (χ1v) is 6.69. The molecule has 0 bridgehead atoms. The SMILES string of the molecule is FC1(F)C(F)(F)C(F)(F)C(F)(OC2(F)C(F)(F)C(F)(F)C(F)(F)C2(F)Cl)C1(F)F. The van der Waals surface area contributed by atoms with Crippen LogP contribution in [0.25, 0.3) is 0 Å². The van der Waals surface area contributed by atoms with E-state index in [4.69, 9.17) is 0 Å². The summed E-state index contributed by atoms with van der Waals surface area (Å²) in [6.07, 6.45) is 0. The van der Waals surface area contributed by atoms with Crippen LogP contribution in [0.15, 0.2) is 0 Å². The van der Waals surface area contributed by atoms with Crippen LogP contribution in [0, 0.1) is 0 Å². The second kappa shape index (κ2) is 5.09. The molecule has 1 nitrogen and oxygen atoms in total. The van der Waals surface area contributed by atoms with Crippen molar-refractivity contribution in [1.82, 2.24) is 0 Å². The molecule has 0 N–H and O–H groups in total. The van der Waals surface area contributed by atoms with Crippen molar-refractivity contribution in [2.45, 2.75) is 58.3 Å². The average Bonchev–Trinajstić information content (AvgIpc) is 2.59. The second-order valence-electron chi connectivity index (χ2n) is 5.89. The van der Waals surface area contributed by atoms with Crippen molar-refractivity contribution in [2.75, 3.05) is 0 Å². The van der Waals surface area contributed by atoms with E-state index < -0.39 is 58.3 Å². The molecule has 29 heavy (non-hydrogen) atoms. The van der Waals surface area contributed by atoms with Crippen molar-refractivity contribution in [1.29, 1.82) is 0 Å². The van der Waals surface area contributed by atoms with Gasteiger partial charge in [0.25, 0.3) is 0 Å². The van der Waals surface area contributed by atoms with Crippen LogP contribution in [0.2, 0.25) is 0 Å². The monoisotopic (exact) mass is 494 g/mol. The summed E-state index contributed by atoms with van der Waals surface area (Å²) in [6, 6.07) is 0. The fraction of sp³-hybridized carbons (Fsp3) is 1.00. The number of alkyl halides is 18. The predicted molar refractivity (Wildman–Crippen MR) is 53.1 cm³/mol. The number of hydrogen-bond donors (Lipinski definition) is 0. The second-order valence-corrected chi connectivity index (χ2v) is 6.41. The van der Waals surface area contributed by atoms with Crippen molar-refractivity contribution in [3.8, 4) is 0 Å². The lowest BCUT2D eigenvalue weighted by Gasteiger charge is -2.39. The molecule has 2 saturated carbocycles. The summed E-state index contributed by atoms with van der Waals surface area (Å²) in [4.78, 5) is 0. The van der Waals surface area contributed by atoms with E-state index in [1.54, 1.807) is 4.74 Å². The zero-order valence-electron chi connectivity index (χ0n) is 12.2. The molecule has 0 aromatic rings. The smallest absolute Gasteiger partial charge is 0.289 e. The zero-order valence-corrected chi connectivity index (χ0v) is 13.0. The van der Waals surface area contributed by atoms with Gasteiger partial charge < -0.3 is 0 Å². The summed E-state index contributed by atoms with van der Waals surface area (Å²) < 4.78 is 228. The Hall–Kier alpha value is -0.940. The Morgan fingerprint density at radius 3 is 0.828 bits per heavy atom. The van der Waals surface area contributed by atoms with E-state index in [-0.39, 0.29) is 0 Å². The number of hydrogen-bond acceptors (Lipinski definition) is 1. The minimum absolute atomic E-state index is 1.74. The van der Waals surface area contributed by atoms with E-state index in [1.165, 1.54) is 0 Å². The fourth-order valence-corrected chi connectivity index (χ4v) is 2.72. The predicted octanol–water partition coefficient (Wildman–Crippen LogP) is 5.71. The molecular weight excluding hydrogens is 495 g/mol. The summed E-state index contributed by atoms with van der Waals surface area (Å²) in [7, 11) is 0. The Morgan fingerprint density at radius 1 is 0.345 bits per heavy atom. The van der Waals surface area contributed by atoms with Crippen LogP contribution in [0.1, 0.15) is 0 Å². The van der Waals surface area contributed by atoms with Crippen LogP contribution in [0.5, 0.6) is 0 Å². The van der Waals surface area contributed by atoms with E-state index in [0.29, 0.717) is 0 Å². The Labute approximate surface area is 150 Å². The summed E-state index contributed by atoms with van der Waals surface area (Å²) in [5, 5.41) is -6.91. The largest absolute Gasteiger partial charge is 0.384 e. The van der Waals surface area contributed by atoms with Crippen LogP contribution in [-0.4, -0.2) is 58.3 Å². The van der Waals surface area contributed by atoms with Crippen molar-refractivity contribution in [2.24, 2.45) is 0 Å². The maximum Gasteiger partial charge on any atom is 0.384 e. The number of rotatable bonds is 2. The van der Waals surface area contributed by atoms with Crippen LogP contribution in [0.3, 0.4) is 0 Å². The van der Waals surface area contributed by atoms with E-state index in [9.17, 15) is 74.6 Å². The lowest BCUT2D eigenvalue weighted by atomic mass is 10.1. The van der Waals surface area contributed by atoms with Crippen LogP contribution in [-0.2, 0) is 4.74 Å². The molecule has 0 saturated heterocycles. The first-order chi connectivity index (χ1) is 12.2. The molecule has 2 aliphatic carbocycles. The first kappa shape index (κ1) is 24.3. The normalized spacial score (nSPS) is 42.0. The van der Waals surface area contributed by atoms with E-state index >= 15 is 0 Å². The Kier molecular flexibility index (Phi) is 4.27. The molecule has 2 atom stereocenters. The maximum atomic E-state index is 14.1. The molecule has 0 amide bonds. The molecule has 2 fully saturated rings. The standard InChI is InChI=1S/C10ClF17O/c11-1(12)2(13,14)3(15,16)6(21,22)9(1,27)29-10(28)7(23,24)4(17,18)5(19,20)8(10,25)26. The van der Waals surface area contributed by atoms with Gasteiger partial charge in [0.05, 0.1) is 0 Å². The van der Waals surface area contributed by atoms with Gasteiger partial charge in [0.15, 0.2) is 0 Å². The molecular formula is C10ClF17O. The molecule has 0 aromatic carbocycles. The quantitative estimate of drug-likeness (QED) is 0.353. The molecule has 172 valence electrons. The third kappa shape index (κ3) is 1.88. The van der Waals surface area contributed by atoms with Gasteiger partial charge in [-0.05, 0) is 0 Å². The van der Waals surface area contributed by atoms with E-state index in [0.717, 1.165) is 0 Å². The van der Waals surface area contributed by atoms with Crippen LogP contribution in [0.4, 0.5) is 74.6 Å². The minimum atomic E-state index is -7.78. The number of ether oxygens (including phenoxy) is 1. The summed E-state index contributed by atoms with van der Waals surface area (Å²) in [5.41, 5.74) is 0. The highest BCUT2D eigenvalue weighted by Gasteiger charge is 3.07. The molecule has 0 radical (unpaired) electrons. The minimum Gasteiger partial charge on any atom is -0.289 e. The maximum absolute atomic E-state index is 14.1. The van der Waals surface area contributed by atoms with Gasteiger partial charge in [0.2, 0.25) is 0 Å². The molecule has 0 heterocycles. The van der Waals surface area contributed by atoms with Gasteiger partial charge in [-0.15, -0.1) is 0 Å². The Bertz CT molecular complexity index is 614. The third-order valence-electron chi connectivity index (χ3n) is 4.26. The third-order valence-corrected chi connectivity index (χ3v) is 4.74. The fourth-order valence-electron chi connectivity index (χ4n) is 2.44. The Balaban J connectivity index is 2.84. The van der Waals surface area contributed by atoms with Crippen LogP contribution < -0.4 is 0 Å². The summed E-state index contributed by atoms with van der Waals surface area (Å²) in [5.74, 6) is -68.4. The lowest BCUT2D eigenvalue weighted by molar-refractivity contribution is -0.445. The van der Waals surface area contributed by atoms with Gasteiger partial charge in [-0.3, -0.25) is 4.74 Å². The van der Waals surface area contributed by atoms with Gasteiger partial charge in [-0.1, -0.05) is 11.6 Å². The summed E-state index contributed by atoms with van der Waals surface area (Å²) in [6.45, 7) is 0. The highest BCUT2D eigenvalue weighted by molar-refractivity contribution is 6.25. The molecule has 19 heteroatoms. The highest BCUT2D eigenvalue weighted by Crippen LogP contribution is 2.75. The van der Waals surface area contributed by atoms with Gasteiger partial charge in [-0.2, -0.15) is 70.2 Å². The molecule has 0 spiro atoms. The van der Waals surface area contributed by atoms with Crippen molar-refractivity contribution in [3.63, 3.8) is 0 Å². The number of halogens is 18. The highest BCUT2D eigenvalue weighted by atomic mass is 35.5. The molecule has 2 rings (SSSR count). The molecule has 2 unspecified atom stereocenters. The first-order valence-electron chi connectivity index (χ1n) is 6.31. The van der Waals surface area contributed by atoms with Crippen molar-refractivity contribution in [3.05, 3.63) is 0 Å². The van der Waals surface area contributed by atoms with E-state index in [2.05, 4.69) is 11.6 Å². The lowest BCUT2D eigenvalue weighted by Crippen LogP contribution is -2.66. The van der Waals surface area contributed by atoms with Gasteiger partial charge in [-0.25, -0.2) is 4.39 Å². The molecule has 0 aromatic heterocycles. The van der Waals surface area contributed by atoms with Crippen molar-refractivity contribution < 1.29 is 79.4 Å². The molecule has 2 aliphatic rings. The van der Waals surface area contributed by atoms with Crippen LogP contribution >= 0.6 is 11.6 Å². The van der Waals surface area contributed by atoms with Gasteiger partial charge in [0, 0.05) is 0 Å². The van der Waals surface area contributed by atoms with Crippen molar-refractivity contribution >= 4 is 11.6 Å². The van der Waals surface area contributed by atoms with Gasteiger partial charge >= 0.3 is 58.3 Å². The molecule has 0 aliphatic heterocycles. The Morgan fingerprint density at radius 2 is 0.586 bits per heavy atom. The average molecular weight is 495 g/mol. The topological polar surface area (TPSA) is 9.23 Å². The van der Waals surface area contributed by atoms with Gasteiger partial charge in [0.1, 0.15) is 0 Å². The van der Waals surface area contributed by atoms with E-state index in [1.807, 2.05) is 0 Å².